The van der Waals surface area contributed by atoms with Crippen molar-refractivity contribution in [3.63, 3.8) is 0 Å². The summed E-state index contributed by atoms with van der Waals surface area (Å²) in [5.41, 5.74) is 2.27. The first-order valence-electron chi connectivity index (χ1n) is 6.52. The second-order valence-corrected chi connectivity index (χ2v) is 4.70. The van der Waals surface area contributed by atoms with Crippen LogP contribution in [0.15, 0.2) is 24.3 Å². The third-order valence-corrected chi connectivity index (χ3v) is 3.13. The van der Waals surface area contributed by atoms with Crippen LogP contribution in [0.3, 0.4) is 0 Å². The topological polar surface area (TPSA) is 50.1 Å². The molecular weight excluding hydrogens is 226 g/mol. The standard InChI is InChI=1S/C14H21N3O/c1-3-17-14-7-5-4-6-12(14)13(16-17)9-15-8-11(2)10-18/h4-7,11,15,18H,3,8-10H2,1-2H3. The van der Waals surface area contributed by atoms with E-state index in [2.05, 4.69) is 29.5 Å². The lowest BCUT2D eigenvalue weighted by Crippen LogP contribution is -2.23. The van der Waals surface area contributed by atoms with Crippen LogP contribution in [0.4, 0.5) is 0 Å². The molecule has 1 aromatic carbocycles. The highest BCUT2D eigenvalue weighted by molar-refractivity contribution is 5.81. The summed E-state index contributed by atoms with van der Waals surface area (Å²) in [6, 6.07) is 8.30. The second-order valence-electron chi connectivity index (χ2n) is 4.70. The summed E-state index contributed by atoms with van der Waals surface area (Å²) >= 11 is 0. The van der Waals surface area contributed by atoms with Gasteiger partial charge in [-0.15, -0.1) is 0 Å². The predicted molar refractivity (Wildman–Crippen MR) is 73.4 cm³/mol. The smallest absolute Gasteiger partial charge is 0.0841 e. The average Bonchev–Trinajstić information content (AvgIpc) is 2.77. The Kier molecular flexibility index (Phi) is 4.33. The van der Waals surface area contributed by atoms with Crippen molar-refractivity contribution in [2.45, 2.75) is 26.9 Å². The number of rotatable bonds is 6. The van der Waals surface area contributed by atoms with Gasteiger partial charge in [-0.3, -0.25) is 4.68 Å². The zero-order chi connectivity index (χ0) is 13.0. The molecule has 1 heterocycles. The summed E-state index contributed by atoms with van der Waals surface area (Å²) in [6.45, 7) is 6.78. The molecule has 1 atom stereocenters. The van der Waals surface area contributed by atoms with Crippen LogP contribution in [0, 0.1) is 5.92 Å². The lowest BCUT2D eigenvalue weighted by atomic mass is 10.2. The number of hydrogen-bond donors (Lipinski definition) is 2. The van der Waals surface area contributed by atoms with Gasteiger partial charge in [-0.05, 0) is 18.9 Å². The fourth-order valence-corrected chi connectivity index (χ4v) is 2.07. The minimum Gasteiger partial charge on any atom is -0.396 e. The van der Waals surface area contributed by atoms with Crippen molar-refractivity contribution < 1.29 is 5.11 Å². The highest BCUT2D eigenvalue weighted by atomic mass is 16.3. The average molecular weight is 247 g/mol. The molecule has 2 rings (SSSR count). The minimum atomic E-state index is 0.219. The third kappa shape index (κ3) is 2.71. The van der Waals surface area contributed by atoms with Crippen LogP contribution in [-0.2, 0) is 13.1 Å². The van der Waals surface area contributed by atoms with Crippen LogP contribution in [0.25, 0.3) is 10.9 Å². The highest BCUT2D eigenvalue weighted by Crippen LogP contribution is 2.18. The molecule has 1 aromatic heterocycles. The summed E-state index contributed by atoms with van der Waals surface area (Å²) in [6.07, 6.45) is 0. The van der Waals surface area contributed by atoms with Gasteiger partial charge in [-0.1, -0.05) is 25.1 Å². The van der Waals surface area contributed by atoms with E-state index in [4.69, 9.17) is 5.11 Å². The highest BCUT2D eigenvalue weighted by Gasteiger charge is 2.08. The van der Waals surface area contributed by atoms with E-state index in [1.807, 2.05) is 23.7 Å². The van der Waals surface area contributed by atoms with E-state index >= 15 is 0 Å². The Labute approximate surface area is 108 Å². The van der Waals surface area contributed by atoms with E-state index in [1.54, 1.807) is 0 Å². The molecule has 0 fully saturated rings. The molecule has 0 aliphatic carbocycles. The van der Waals surface area contributed by atoms with Gasteiger partial charge in [0.15, 0.2) is 0 Å². The molecule has 4 nitrogen and oxygen atoms in total. The van der Waals surface area contributed by atoms with Crippen molar-refractivity contribution in [3.05, 3.63) is 30.0 Å². The molecule has 2 N–H and O–H groups in total. The normalized spacial score (nSPS) is 13.1. The van der Waals surface area contributed by atoms with E-state index in [-0.39, 0.29) is 12.5 Å². The van der Waals surface area contributed by atoms with E-state index in [0.29, 0.717) is 0 Å². The minimum absolute atomic E-state index is 0.219. The number of aromatic nitrogens is 2. The SMILES string of the molecule is CCn1nc(CNCC(C)CO)c2ccccc21. The van der Waals surface area contributed by atoms with Crippen molar-refractivity contribution in [2.24, 2.45) is 5.92 Å². The van der Waals surface area contributed by atoms with Gasteiger partial charge < -0.3 is 10.4 Å². The second kappa shape index (κ2) is 5.98. The maximum Gasteiger partial charge on any atom is 0.0841 e. The summed E-state index contributed by atoms with van der Waals surface area (Å²) in [5, 5.41) is 18.2. The fourth-order valence-electron chi connectivity index (χ4n) is 2.07. The van der Waals surface area contributed by atoms with E-state index in [1.165, 1.54) is 10.9 Å². The number of aliphatic hydroxyl groups excluding tert-OH is 1. The molecular formula is C14H21N3O. The number of benzene rings is 1. The van der Waals surface area contributed by atoms with Crippen molar-refractivity contribution >= 4 is 10.9 Å². The van der Waals surface area contributed by atoms with E-state index in [0.717, 1.165) is 25.3 Å². The molecule has 18 heavy (non-hydrogen) atoms. The molecule has 0 aliphatic heterocycles. The number of nitrogens with one attached hydrogen (secondary N) is 1. The van der Waals surface area contributed by atoms with Crippen molar-refractivity contribution in [3.8, 4) is 0 Å². The van der Waals surface area contributed by atoms with Gasteiger partial charge in [0.1, 0.15) is 0 Å². The van der Waals surface area contributed by atoms with Gasteiger partial charge in [-0.25, -0.2) is 0 Å². The maximum atomic E-state index is 8.99. The zero-order valence-electron chi connectivity index (χ0n) is 11.1. The quantitative estimate of drug-likeness (QED) is 0.818. The van der Waals surface area contributed by atoms with Gasteiger partial charge in [0, 0.05) is 31.6 Å². The third-order valence-electron chi connectivity index (χ3n) is 3.13. The number of aryl methyl sites for hydroxylation is 1. The molecule has 2 aromatic rings. The number of para-hydroxylation sites is 1. The summed E-state index contributed by atoms with van der Waals surface area (Å²) in [4.78, 5) is 0. The lowest BCUT2D eigenvalue weighted by Gasteiger charge is -2.08. The first kappa shape index (κ1) is 13.1. The van der Waals surface area contributed by atoms with Crippen molar-refractivity contribution in [1.29, 1.82) is 0 Å². The van der Waals surface area contributed by atoms with Crippen molar-refractivity contribution in [1.82, 2.24) is 15.1 Å². The van der Waals surface area contributed by atoms with Crippen LogP contribution in [0.2, 0.25) is 0 Å². The molecule has 0 aliphatic rings. The van der Waals surface area contributed by atoms with Gasteiger partial charge >= 0.3 is 0 Å². The predicted octanol–water partition coefficient (Wildman–Crippen LogP) is 1.77. The molecule has 0 saturated carbocycles. The summed E-state index contributed by atoms with van der Waals surface area (Å²) < 4.78 is 2.03. The summed E-state index contributed by atoms with van der Waals surface area (Å²) in [5.74, 6) is 0.282. The number of hydrogen-bond acceptors (Lipinski definition) is 3. The van der Waals surface area contributed by atoms with Crippen LogP contribution in [-0.4, -0.2) is 28.0 Å². The number of nitrogens with zero attached hydrogens (tertiary/aromatic N) is 2. The Morgan fingerprint density at radius 1 is 1.39 bits per heavy atom. The Morgan fingerprint density at radius 3 is 2.89 bits per heavy atom. The first-order chi connectivity index (χ1) is 8.76. The molecule has 4 heteroatoms. The maximum absolute atomic E-state index is 8.99. The van der Waals surface area contributed by atoms with Crippen LogP contribution in [0.1, 0.15) is 19.5 Å². The first-order valence-corrected chi connectivity index (χ1v) is 6.52. The Morgan fingerprint density at radius 2 is 2.17 bits per heavy atom. The Bertz CT molecular complexity index is 507. The molecule has 0 amide bonds. The van der Waals surface area contributed by atoms with Gasteiger partial charge in [-0.2, -0.15) is 5.10 Å². The Hall–Kier alpha value is -1.39. The van der Waals surface area contributed by atoms with Gasteiger partial charge in [0.05, 0.1) is 11.2 Å². The van der Waals surface area contributed by atoms with Gasteiger partial charge in [0.25, 0.3) is 0 Å². The zero-order valence-corrected chi connectivity index (χ0v) is 11.1. The van der Waals surface area contributed by atoms with Crippen molar-refractivity contribution in [2.75, 3.05) is 13.2 Å². The summed E-state index contributed by atoms with van der Waals surface area (Å²) in [7, 11) is 0. The monoisotopic (exact) mass is 247 g/mol. The van der Waals surface area contributed by atoms with E-state index < -0.39 is 0 Å². The molecule has 1 unspecified atom stereocenters. The fraction of sp³-hybridized carbons (Fsp3) is 0.500. The molecule has 98 valence electrons. The van der Waals surface area contributed by atoms with Gasteiger partial charge in [0.2, 0.25) is 0 Å². The molecule has 0 spiro atoms. The molecule has 0 radical (unpaired) electrons. The number of aliphatic hydroxyl groups is 1. The molecule has 0 bridgehead atoms. The van der Waals surface area contributed by atoms with Crippen LogP contribution >= 0.6 is 0 Å². The van der Waals surface area contributed by atoms with E-state index in [9.17, 15) is 0 Å². The largest absolute Gasteiger partial charge is 0.396 e. The Balaban J connectivity index is 2.13. The van der Waals surface area contributed by atoms with Crippen LogP contribution < -0.4 is 5.32 Å². The molecule has 0 saturated heterocycles. The van der Waals surface area contributed by atoms with Crippen LogP contribution in [0.5, 0.6) is 0 Å². The number of fused-ring (bicyclic) bond motifs is 1. The lowest BCUT2D eigenvalue weighted by molar-refractivity contribution is 0.233.